The van der Waals surface area contributed by atoms with Gasteiger partial charge in [0.1, 0.15) is 0 Å². The Morgan fingerprint density at radius 3 is 2.76 bits per heavy atom. The molecule has 4 atom stereocenters. The minimum Gasteiger partial charge on any atom is -0.378 e. The van der Waals surface area contributed by atoms with Crippen LogP contribution in [0, 0.1) is 11.8 Å². The number of hydrogen-bond acceptors (Lipinski definition) is 3. The van der Waals surface area contributed by atoms with Crippen LogP contribution in [0.1, 0.15) is 24.8 Å². The highest BCUT2D eigenvalue weighted by Gasteiger charge is 2.48. The first-order chi connectivity index (χ1) is 10.2. The Morgan fingerprint density at radius 2 is 2.10 bits per heavy atom. The van der Waals surface area contributed by atoms with Gasteiger partial charge in [0.05, 0.1) is 12.0 Å². The largest absolute Gasteiger partial charge is 0.378 e. The SMILES string of the molecule is CCOC1CC1C(=O)N1C[C@@H](CN)[C@H](c2ccccc2)C1. The lowest BCUT2D eigenvalue weighted by Crippen LogP contribution is -2.32. The van der Waals surface area contributed by atoms with Gasteiger partial charge in [-0.05, 0) is 31.4 Å². The highest BCUT2D eigenvalue weighted by atomic mass is 16.5. The van der Waals surface area contributed by atoms with Crippen molar-refractivity contribution in [1.82, 2.24) is 4.90 Å². The highest BCUT2D eigenvalue weighted by Crippen LogP contribution is 2.39. The molecular weight excluding hydrogens is 264 g/mol. The van der Waals surface area contributed by atoms with Crippen LogP contribution in [-0.2, 0) is 9.53 Å². The summed E-state index contributed by atoms with van der Waals surface area (Å²) >= 11 is 0. The summed E-state index contributed by atoms with van der Waals surface area (Å²) in [6, 6.07) is 10.4. The van der Waals surface area contributed by atoms with Crippen molar-refractivity contribution >= 4 is 5.91 Å². The van der Waals surface area contributed by atoms with E-state index in [1.54, 1.807) is 0 Å². The van der Waals surface area contributed by atoms with E-state index in [-0.39, 0.29) is 17.9 Å². The first-order valence-corrected chi connectivity index (χ1v) is 7.90. The zero-order valence-corrected chi connectivity index (χ0v) is 12.6. The second-order valence-corrected chi connectivity index (χ2v) is 6.09. The van der Waals surface area contributed by atoms with Gasteiger partial charge in [0, 0.05) is 25.6 Å². The van der Waals surface area contributed by atoms with E-state index in [2.05, 4.69) is 24.3 Å². The van der Waals surface area contributed by atoms with Crippen LogP contribution in [-0.4, -0.2) is 43.2 Å². The molecule has 2 unspecified atom stereocenters. The van der Waals surface area contributed by atoms with Crippen LogP contribution in [0.4, 0.5) is 0 Å². The lowest BCUT2D eigenvalue weighted by atomic mass is 9.89. The monoisotopic (exact) mass is 288 g/mol. The van der Waals surface area contributed by atoms with Crippen molar-refractivity contribution in [2.45, 2.75) is 25.4 Å². The molecule has 0 radical (unpaired) electrons. The number of likely N-dealkylation sites (tertiary alicyclic amines) is 1. The maximum Gasteiger partial charge on any atom is 0.228 e. The van der Waals surface area contributed by atoms with Crippen molar-refractivity contribution in [3.8, 4) is 0 Å². The number of carbonyl (C=O) groups excluding carboxylic acids is 1. The van der Waals surface area contributed by atoms with Gasteiger partial charge in [-0.25, -0.2) is 0 Å². The lowest BCUT2D eigenvalue weighted by molar-refractivity contribution is -0.132. The Morgan fingerprint density at radius 1 is 1.33 bits per heavy atom. The molecule has 3 rings (SSSR count). The van der Waals surface area contributed by atoms with Crippen LogP contribution in [0.5, 0.6) is 0 Å². The molecular formula is C17H24N2O2. The minimum absolute atomic E-state index is 0.0814. The quantitative estimate of drug-likeness (QED) is 0.895. The Labute approximate surface area is 126 Å². The number of hydrogen-bond donors (Lipinski definition) is 1. The summed E-state index contributed by atoms with van der Waals surface area (Å²) in [5, 5.41) is 0. The molecule has 1 aliphatic carbocycles. The van der Waals surface area contributed by atoms with Crippen LogP contribution >= 0.6 is 0 Å². The van der Waals surface area contributed by atoms with E-state index in [9.17, 15) is 4.79 Å². The Kier molecular flexibility index (Phi) is 4.27. The first kappa shape index (κ1) is 14.5. The Hall–Kier alpha value is -1.39. The standard InChI is InChI=1S/C17H24N2O2/c1-2-21-16-8-14(16)17(20)19-10-13(9-18)15(11-19)12-6-4-3-5-7-12/h3-7,13-16H,2,8-11,18H2,1H3/t13-,14?,15+,16?/m1/s1. The number of rotatable bonds is 5. The van der Waals surface area contributed by atoms with Gasteiger partial charge in [-0.1, -0.05) is 30.3 Å². The van der Waals surface area contributed by atoms with E-state index in [1.807, 2.05) is 17.9 Å². The number of benzene rings is 1. The number of amides is 1. The minimum atomic E-state index is 0.0814. The third-order valence-electron chi connectivity index (χ3n) is 4.71. The first-order valence-electron chi connectivity index (χ1n) is 7.90. The van der Waals surface area contributed by atoms with Crippen molar-refractivity contribution in [3.05, 3.63) is 35.9 Å². The summed E-state index contributed by atoms with van der Waals surface area (Å²) in [7, 11) is 0. The molecule has 0 bridgehead atoms. The average Bonchev–Trinajstić information content (AvgIpc) is 3.15. The third kappa shape index (κ3) is 2.97. The zero-order chi connectivity index (χ0) is 14.8. The van der Waals surface area contributed by atoms with Gasteiger partial charge in [0.15, 0.2) is 0 Å². The molecule has 1 heterocycles. The van der Waals surface area contributed by atoms with Gasteiger partial charge in [-0.2, -0.15) is 0 Å². The average molecular weight is 288 g/mol. The summed E-state index contributed by atoms with van der Waals surface area (Å²) < 4.78 is 5.54. The topological polar surface area (TPSA) is 55.6 Å². The van der Waals surface area contributed by atoms with Crippen LogP contribution < -0.4 is 5.73 Å². The summed E-state index contributed by atoms with van der Waals surface area (Å²) in [6.45, 7) is 4.87. The second kappa shape index (κ2) is 6.16. The fourth-order valence-electron chi connectivity index (χ4n) is 3.43. The molecule has 1 amide bonds. The van der Waals surface area contributed by atoms with Gasteiger partial charge in [-0.15, -0.1) is 0 Å². The molecule has 1 aliphatic heterocycles. The number of nitrogens with zero attached hydrogens (tertiary/aromatic N) is 1. The molecule has 114 valence electrons. The van der Waals surface area contributed by atoms with Gasteiger partial charge >= 0.3 is 0 Å². The summed E-state index contributed by atoms with van der Waals surface area (Å²) in [6.07, 6.45) is 1.03. The molecule has 21 heavy (non-hydrogen) atoms. The van der Waals surface area contributed by atoms with Crippen LogP contribution in [0.25, 0.3) is 0 Å². The van der Waals surface area contributed by atoms with Gasteiger partial charge in [0.25, 0.3) is 0 Å². The summed E-state index contributed by atoms with van der Waals surface area (Å²) in [4.78, 5) is 14.5. The third-order valence-corrected chi connectivity index (χ3v) is 4.71. The van der Waals surface area contributed by atoms with E-state index >= 15 is 0 Å². The molecule has 4 nitrogen and oxygen atoms in total. The van der Waals surface area contributed by atoms with E-state index in [4.69, 9.17) is 10.5 Å². The molecule has 0 spiro atoms. The smallest absolute Gasteiger partial charge is 0.228 e. The molecule has 2 aliphatic rings. The van der Waals surface area contributed by atoms with E-state index in [0.717, 1.165) is 19.5 Å². The van der Waals surface area contributed by atoms with Crippen molar-refractivity contribution in [2.75, 3.05) is 26.2 Å². The number of nitrogens with two attached hydrogens (primary N) is 1. The van der Waals surface area contributed by atoms with Gasteiger partial charge < -0.3 is 15.4 Å². The molecule has 4 heteroatoms. The summed E-state index contributed by atoms with van der Waals surface area (Å²) in [5.74, 6) is 1.06. The summed E-state index contributed by atoms with van der Waals surface area (Å²) in [5.41, 5.74) is 7.22. The van der Waals surface area contributed by atoms with Gasteiger partial charge in [0.2, 0.25) is 5.91 Å². The Bertz CT molecular complexity index is 491. The fourth-order valence-corrected chi connectivity index (χ4v) is 3.43. The van der Waals surface area contributed by atoms with Crippen molar-refractivity contribution < 1.29 is 9.53 Å². The maximum absolute atomic E-state index is 12.5. The predicted octanol–water partition coefficient (Wildman–Crippen LogP) is 1.61. The maximum atomic E-state index is 12.5. The molecule has 1 saturated heterocycles. The van der Waals surface area contributed by atoms with E-state index in [1.165, 1.54) is 5.56 Å². The van der Waals surface area contributed by atoms with Crippen molar-refractivity contribution in [1.29, 1.82) is 0 Å². The predicted molar refractivity (Wildman–Crippen MR) is 81.8 cm³/mol. The van der Waals surface area contributed by atoms with Crippen LogP contribution in [0.2, 0.25) is 0 Å². The fraction of sp³-hybridized carbons (Fsp3) is 0.588. The molecule has 2 fully saturated rings. The van der Waals surface area contributed by atoms with Crippen LogP contribution in [0.3, 0.4) is 0 Å². The van der Waals surface area contributed by atoms with Crippen molar-refractivity contribution in [2.24, 2.45) is 17.6 Å². The van der Waals surface area contributed by atoms with Gasteiger partial charge in [-0.3, -0.25) is 4.79 Å². The molecule has 1 aromatic carbocycles. The molecule has 0 aromatic heterocycles. The lowest BCUT2D eigenvalue weighted by Gasteiger charge is -2.17. The van der Waals surface area contributed by atoms with Crippen molar-refractivity contribution in [3.63, 3.8) is 0 Å². The number of carbonyl (C=O) groups is 1. The highest BCUT2D eigenvalue weighted by molar-refractivity contribution is 5.82. The Balaban J connectivity index is 1.66. The zero-order valence-electron chi connectivity index (χ0n) is 12.6. The van der Waals surface area contributed by atoms with Crippen LogP contribution in [0.15, 0.2) is 30.3 Å². The normalized spacial score (nSPS) is 31.4. The second-order valence-electron chi connectivity index (χ2n) is 6.09. The van der Waals surface area contributed by atoms with E-state index in [0.29, 0.717) is 25.0 Å². The molecule has 1 aromatic rings. The molecule has 2 N–H and O–H groups in total. The number of ether oxygens (including phenoxy) is 1. The van der Waals surface area contributed by atoms with E-state index < -0.39 is 0 Å². The molecule has 1 saturated carbocycles.